The Kier molecular flexibility index (Phi) is 3.64. The van der Waals surface area contributed by atoms with Gasteiger partial charge in [0.1, 0.15) is 0 Å². The van der Waals surface area contributed by atoms with Gasteiger partial charge in [-0.1, -0.05) is 19.3 Å². The van der Waals surface area contributed by atoms with Gasteiger partial charge in [0.15, 0.2) is 4.34 Å². The summed E-state index contributed by atoms with van der Waals surface area (Å²) in [6.45, 7) is 0. The van der Waals surface area contributed by atoms with Gasteiger partial charge in [0.25, 0.3) is 0 Å². The minimum atomic E-state index is 0.711. The first kappa shape index (κ1) is 9.49. The fraction of sp³-hybridized carbons (Fsp3) is 0.667. The van der Waals surface area contributed by atoms with Gasteiger partial charge in [0.2, 0.25) is 0 Å². The Balaban J connectivity index is 1.72. The van der Waals surface area contributed by atoms with Crippen molar-refractivity contribution in [2.75, 3.05) is 0 Å². The maximum absolute atomic E-state index is 4.22. The van der Waals surface area contributed by atoms with E-state index >= 15 is 0 Å². The molecule has 0 unspecified atom stereocenters. The van der Waals surface area contributed by atoms with Crippen molar-refractivity contribution in [3.63, 3.8) is 0 Å². The zero-order valence-corrected chi connectivity index (χ0v) is 9.16. The van der Waals surface area contributed by atoms with Gasteiger partial charge in [-0.25, -0.2) is 4.98 Å². The minimum absolute atomic E-state index is 0.711. The Hall–Kier alpha value is -0.0600. The molecule has 0 bridgehead atoms. The SMILES string of the molecule is c1csc(SNC2CCCCC2)n1. The molecule has 1 fully saturated rings. The van der Waals surface area contributed by atoms with Gasteiger partial charge in [0, 0.05) is 17.6 Å². The van der Waals surface area contributed by atoms with Gasteiger partial charge in [-0.3, -0.25) is 4.72 Å². The Bertz CT molecular complexity index is 230. The van der Waals surface area contributed by atoms with Crippen molar-refractivity contribution < 1.29 is 0 Å². The molecule has 1 aromatic heterocycles. The largest absolute Gasteiger partial charge is 0.255 e. The van der Waals surface area contributed by atoms with Gasteiger partial charge in [-0.15, -0.1) is 11.3 Å². The third-order valence-electron chi connectivity index (χ3n) is 2.33. The van der Waals surface area contributed by atoms with Gasteiger partial charge < -0.3 is 0 Å². The summed E-state index contributed by atoms with van der Waals surface area (Å²) >= 11 is 3.39. The van der Waals surface area contributed by atoms with E-state index in [9.17, 15) is 0 Å². The second-order valence-electron chi connectivity index (χ2n) is 3.35. The lowest BCUT2D eigenvalue weighted by atomic mass is 9.96. The van der Waals surface area contributed by atoms with Crippen LogP contribution in [0.25, 0.3) is 0 Å². The van der Waals surface area contributed by atoms with E-state index in [1.807, 2.05) is 11.6 Å². The number of hydrogen-bond donors (Lipinski definition) is 1. The molecule has 0 aliphatic heterocycles. The maximum Gasteiger partial charge on any atom is 0.164 e. The molecule has 1 heterocycles. The summed E-state index contributed by atoms with van der Waals surface area (Å²) < 4.78 is 4.62. The molecule has 72 valence electrons. The van der Waals surface area contributed by atoms with Crippen molar-refractivity contribution in [2.24, 2.45) is 0 Å². The van der Waals surface area contributed by atoms with Gasteiger partial charge in [0.05, 0.1) is 0 Å². The molecule has 1 aliphatic carbocycles. The van der Waals surface area contributed by atoms with Gasteiger partial charge >= 0.3 is 0 Å². The van der Waals surface area contributed by atoms with E-state index in [0.717, 1.165) is 4.34 Å². The molecule has 1 aromatic rings. The number of aromatic nitrogens is 1. The molecule has 0 atom stereocenters. The highest BCUT2D eigenvalue weighted by molar-refractivity contribution is 7.99. The van der Waals surface area contributed by atoms with Crippen molar-refractivity contribution >= 4 is 23.3 Å². The van der Waals surface area contributed by atoms with E-state index in [2.05, 4.69) is 9.71 Å². The van der Waals surface area contributed by atoms with Crippen LogP contribution in [-0.4, -0.2) is 11.0 Å². The number of hydrogen-bond acceptors (Lipinski definition) is 4. The average molecular weight is 214 g/mol. The first-order chi connectivity index (χ1) is 6.45. The van der Waals surface area contributed by atoms with Gasteiger partial charge in [-0.05, 0) is 24.8 Å². The molecule has 0 radical (unpaired) electrons. The monoisotopic (exact) mass is 214 g/mol. The molecule has 0 amide bonds. The molecule has 2 rings (SSSR count). The molecule has 0 aromatic carbocycles. The molecule has 1 N–H and O–H groups in total. The van der Waals surface area contributed by atoms with E-state index in [4.69, 9.17) is 0 Å². The maximum atomic E-state index is 4.22. The summed E-state index contributed by atoms with van der Waals surface area (Å²) in [7, 11) is 0. The van der Waals surface area contributed by atoms with E-state index in [0.29, 0.717) is 6.04 Å². The minimum Gasteiger partial charge on any atom is -0.255 e. The predicted octanol–water partition coefficient (Wildman–Crippen LogP) is 3.07. The van der Waals surface area contributed by atoms with Crippen molar-refractivity contribution in [1.29, 1.82) is 0 Å². The molecule has 2 nitrogen and oxygen atoms in total. The lowest BCUT2D eigenvalue weighted by Gasteiger charge is -2.21. The lowest BCUT2D eigenvalue weighted by molar-refractivity contribution is 0.423. The standard InChI is InChI=1S/C9H14N2S2/c1-2-4-8(5-3-1)11-13-9-10-6-7-12-9/h6-8,11H,1-5H2. The Morgan fingerprint density at radius 3 is 2.92 bits per heavy atom. The van der Waals surface area contributed by atoms with Crippen LogP contribution in [0.1, 0.15) is 32.1 Å². The Labute approximate surface area is 87.3 Å². The van der Waals surface area contributed by atoms with E-state index in [1.54, 1.807) is 23.3 Å². The van der Waals surface area contributed by atoms with Crippen LogP contribution in [-0.2, 0) is 0 Å². The molecular weight excluding hydrogens is 200 g/mol. The second kappa shape index (κ2) is 4.98. The Morgan fingerprint density at radius 1 is 1.38 bits per heavy atom. The van der Waals surface area contributed by atoms with Gasteiger partial charge in [-0.2, -0.15) is 0 Å². The van der Waals surface area contributed by atoms with E-state index in [-0.39, 0.29) is 0 Å². The second-order valence-corrected chi connectivity index (χ2v) is 5.33. The van der Waals surface area contributed by atoms with Crippen LogP contribution in [0.5, 0.6) is 0 Å². The molecule has 1 aliphatic rings. The fourth-order valence-electron chi connectivity index (χ4n) is 1.61. The quantitative estimate of drug-likeness (QED) is 0.783. The van der Waals surface area contributed by atoms with Crippen LogP contribution in [0.3, 0.4) is 0 Å². The fourth-order valence-corrected chi connectivity index (χ4v) is 3.09. The Morgan fingerprint density at radius 2 is 2.23 bits per heavy atom. The number of nitrogens with zero attached hydrogens (tertiary/aromatic N) is 1. The van der Waals surface area contributed by atoms with Crippen LogP contribution in [0, 0.1) is 0 Å². The normalized spacial score (nSPS) is 19.1. The molecule has 0 spiro atoms. The number of thiazole rings is 1. The number of nitrogens with one attached hydrogen (secondary N) is 1. The molecule has 4 heteroatoms. The summed E-state index contributed by atoms with van der Waals surface area (Å²) in [5.74, 6) is 0. The van der Waals surface area contributed by atoms with Crippen LogP contribution < -0.4 is 4.72 Å². The highest BCUT2D eigenvalue weighted by atomic mass is 32.2. The number of rotatable bonds is 3. The van der Waals surface area contributed by atoms with Crippen LogP contribution >= 0.6 is 23.3 Å². The summed E-state index contributed by atoms with van der Waals surface area (Å²) in [4.78, 5) is 4.22. The molecule has 1 saturated carbocycles. The zero-order chi connectivity index (χ0) is 8.93. The van der Waals surface area contributed by atoms with E-state index in [1.165, 1.54) is 32.1 Å². The molecule has 0 saturated heterocycles. The highest BCUT2D eigenvalue weighted by Gasteiger charge is 2.13. The average Bonchev–Trinajstić information content (AvgIpc) is 2.69. The summed E-state index contributed by atoms with van der Waals surface area (Å²) in [5.41, 5.74) is 0. The summed E-state index contributed by atoms with van der Waals surface area (Å²) in [6, 6.07) is 0.711. The van der Waals surface area contributed by atoms with E-state index < -0.39 is 0 Å². The highest BCUT2D eigenvalue weighted by Crippen LogP contribution is 2.23. The predicted molar refractivity (Wildman–Crippen MR) is 58.0 cm³/mol. The molecular formula is C9H14N2S2. The molecule has 13 heavy (non-hydrogen) atoms. The topological polar surface area (TPSA) is 24.9 Å². The van der Waals surface area contributed by atoms with Crippen LogP contribution in [0.2, 0.25) is 0 Å². The van der Waals surface area contributed by atoms with Crippen LogP contribution in [0.4, 0.5) is 0 Å². The van der Waals surface area contributed by atoms with Crippen molar-refractivity contribution in [2.45, 2.75) is 42.5 Å². The van der Waals surface area contributed by atoms with Crippen molar-refractivity contribution in [3.05, 3.63) is 11.6 Å². The van der Waals surface area contributed by atoms with Crippen LogP contribution in [0.15, 0.2) is 15.9 Å². The van der Waals surface area contributed by atoms with Crippen molar-refractivity contribution in [3.8, 4) is 0 Å². The third kappa shape index (κ3) is 2.97. The van der Waals surface area contributed by atoms with Crippen molar-refractivity contribution in [1.82, 2.24) is 9.71 Å². The summed E-state index contributed by atoms with van der Waals surface area (Å²) in [5, 5.41) is 2.02. The first-order valence-corrected chi connectivity index (χ1v) is 6.46. The first-order valence-electron chi connectivity index (χ1n) is 4.77. The zero-order valence-electron chi connectivity index (χ0n) is 7.53. The summed E-state index contributed by atoms with van der Waals surface area (Å²) in [6.07, 6.45) is 8.71. The lowest BCUT2D eigenvalue weighted by Crippen LogP contribution is -2.25. The third-order valence-corrected chi connectivity index (χ3v) is 4.16. The smallest absolute Gasteiger partial charge is 0.164 e.